The van der Waals surface area contributed by atoms with E-state index >= 15 is 0 Å². The topological polar surface area (TPSA) is 92.8 Å². The highest BCUT2D eigenvalue weighted by atomic mass is 19.1. The van der Waals surface area contributed by atoms with Crippen LogP contribution in [-0.2, 0) is 19.4 Å². The standard InChI is InChI=1S/C36H33FN4O4/c1-44-33-19-25-16-18-41(22-26(25)20-34(33)45-2)17-15-23-7-11-28(12-8-23)38-35(42)29-21-27(37)10-14-31(29)40-36(43)32-13-9-24-5-3-4-6-30(24)39-32/h3-14,19-21H,15-18,22H2,1-2H3,(H,38,42)(H,40,43). The van der Waals surface area contributed by atoms with Crippen molar-refractivity contribution in [3.05, 3.63) is 125 Å². The Hall–Kier alpha value is -5.28. The first kappa shape index (κ1) is 29.8. The Morgan fingerprint density at radius 3 is 2.38 bits per heavy atom. The number of carbonyl (C=O) groups excluding carboxylic acids is 2. The molecule has 0 unspecified atom stereocenters. The highest BCUT2D eigenvalue weighted by Crippen LogP contribution is 2.33. The number of pyridine rings is 1. The lowest BCUT2D eigenvalue weighted by molar-refractivity contribution is 0.102. The number of amides is 2. The zero-order chi connectivity index (χ0) is 31.3. The number of anilines is 2. The van der Waals surface area contributed by atoms with Crippen LogP contribution >= 0.6 is 0 Å². The van der Waals surface area contributed by atoms with Crippen LogP contribution in [-0.4, -0.2) is 49.0 Å². The smallest absolute Gasteiger partial charge is 0.274 e. The predicted octanol–water partition coefficient (Wildman–Crippen LogP) is 6.50. The van der Waals surface area contributed by atoms with Gasteiger partial charge in [0.2, 0.25) is 0 Å². The van der Waals surface area contributed by atoms with E-state index in [0.29, 0.717) is 11.2 Å². The number of rotatable bonds is 9. The van der Waals surface area contributed by atoms with E-state index in [4.69, 9.17) is 9.47 Å². The number of nitrogens with zero attached hydrogens (tertiary/aromatic N) is 2. The van der Waals surface area contributed by atoms with E-state index in [-0.39, 0.29) is 16.9 Å². The Morgan fingerprint density at radius 1 is 0.844 bits per heavy atom. The third-order valence-corrected chi connectivity index (χ3v) is 8.03. The number of aromatic nitrogens is 1. The van der Waals surface area contributed by atoms with E-state index in [2.05, 4.69) is 32.7 Å². The van der Waals surface area contributed by atoms with Crippen molar-refractivity contribution in [1.29, 1.82) is 0 Å². The van der Waals surface area contributed by atoms with Crippen molar-refractivity contribution >= 4 is 34.1 Å². The van der Waals surface area contributed by atoms with Crippen LogP contribution in [0.4, 0.5) is 15.8 Å². The van der Waals surface area contributed by atoms with Gasteiger partial charge in [0.1, 0.15) is 11.5 Å². The molecule has 0 spiro atoms. The van der Waals surface area contributed by atoms with Crippen molar-refractivity contribution in [2.75, 3.05) is 37.9 Å². The number of hydrogen-bond acceptors (Lipinski definition) is 6. The Labute approximate surface area is 260 Å². The molecule has 45 heavy (non-hydrogen) atoms. The van der Waals surface area contributed by atoms with Gasteiger partial charge < -0.3 is 20.1 Å². The molecule has 0 saturated heterocycles. The lowest BCUT2D eigenvalue weighted by atomic mass is 9.98. The van der Waals surface area contributed by atoms with Crippen molar-refractivity contribution in [2.45, 2.75) is 19.4 Å². The number of carbonyl (C=O) groups is 2. The highest BCUT2D eigenvalue weighted by Gasteiger charge is 2.20. The number of ether oxygens (including phenoxy) is 2. The first-order chi connectivity index (χ1) is 21.9. The molecular weight excluding hydrogens is 571 g/mol. The number of methoxy groups -OCH3 is 2. The summed E-state index contributed by atoms with van der Waals surface area (Å²) >= 11 is 0. The Bertz CT molecular complexity index is 1880. The van der Waals surface area contributed by atoms with Crippen molar-refractivity contribution < 1.29 is 23.5 Å². The molecule has 1 aliphatic rings. The molecule has 1 aliphatic heterocycles. The second-order valence-corrected chi connectivity index (χ2v) is 10.9. The molecule has 6 rings (SSSR count). The number of benzene rings is 4. The van der Waals surface area contributed by atoms with Crippen molar-refractivity contribution in [2.24, 2.45) is 0 Å². The molecule has 228 valence electrons. The van der Waals surface area contributed by atoms with Gasteiger partial charge in [-0.15, -0.1) is 0 Å². The van der Waals surface area contributed by atoms with Crippen LogP contribution in [0.25, 0.3) is 10.9 Å². The fourth-order valence-electron chi connectivity index (χ4n) is 5.57. The number of para-hydroxylation sites is 1. The SMILES string of the molecule is COc1cc2c(cc1OC)CN(CCc1ccc(NC(=O)c3cc(F)ccc3NC(=O)c3ccc4ccccc4n3)cc1)CC2. The molecule has 2 N–H and O–H groups in total. The number of hydrogen-bond donors (Lipinski definition) is 2. The fourth-order valence-corrected chi connectivity index (χ4v) is 5.57. The number of nitrogens with one attached hydrogen (secondary N) is 2. The van der Waals surface area contributed by atoms with E-state index in [1.165, 1.54) is 23.3 Å². The highest BCUT2D eigenvalue weighted by molar-refractivity contribution is 6.12. The molecule has 0 radical (unpaired) electrons. The normalized spacial score (nSPS) is 12.8. The zero-order valence-corrected chi connectivity index (χ0v) is 25.1. The van der Waals surface area contributed by atoms with Gasteiger partial charge in [0, 0.05) is 30.7 Å². The quantitative estimate of drug-likeness (QED) is 0.200. The monoisotopic (exact) mass is 604 g/mol. The van der Waals surface area contributed by atoms with E-state index < -0.39 is 17.6 Å². The van der Waals surface area contributed by atoms with E-state index in [0.717, 1.165) is 61.0 Å². The second-order valence-electron chi connectivity index (χ2n) is 10.9. The molecule has 9 heteroatoms. The van der Waals surface area contributed by atoms with Crippen molar-refractivity contribution in [3.8, 4) is 11.5 Å². The molecule has 2 amide bonds. The first-order valence-electron chi connectivity index (χ1n) is 14.7. The molecule has 0 bridgehead atoms. The van der Waals surface area contributed by atoms with E-state index in [1.807, 2.05) is 48.5 Å². The average Bonchev–Trinajstić information content (AvgIpc) is 3.07. The summed E-state index contributed by atoms with van der Waals surface area (Å²) in [4.78, 5) is 33.0. The van der Waals surface area contributed by atoms with Crippen LogP contribution in [0.2, 0.25) is 0 Å². The average molecular weight is 605 g/mol. The summed E-state index contributed by atoms with van der Waals surface area (Å²) in [5.74, 6) is -0.126. The van der Waals surface area contributed by atoms with Crippen LogP contribution in [0.15, 0.2) is 91.0 Å². The maximum Gasteiger partial charge on any atom is 0.274 e. The van der Waals surface area contributed by atoms with Crippen molar-refractivity contribution in [1.82, 2.24) is 9.88 Å². The van der Waals surface area contributed by atoms with Gasteiger partial charge in [0.05, 0.1) is 31.0 Å². The third kappa shape index (κ3) is 6.78. The van der Waals surface area contributed by atoms with E-state index in [9.17, 15) is 14.0 Å². The van der Waals surface area contributed by atoms with Gasteiger partial charge in [-0.2, -0.15) is 0 Å². The minimum atomic E-state index is -0.588. The summed E-state index contributed by atoms with van der Waals surface area (Å²) in [7, 11) is 3.30. The molecule has 4 aromatic carbocycles. The summed E-state index contributed by atoms with van der Waals surface area (Å²) in [6, 6.07) is 26.3. The fraction of sp³-hybridized carbons (Fsp3) is 0.194. The summed E-state index contributed by atoms with van der Waals surface area (Å²) in [5, 5.41) is 6.44. The molecule has 0 saturated carbocycles. The minimum Gasteiger partial charge on any atom is -0.493 e. The summed E-state index contributed by atoms with van der Waals surface area (Å²) in [5.41, 5.74) is 5.29. The van der Waals surface area contributed by atoms with Crippen LogP contribution < -0.4 is 20.1 Å². The lowest BCUT2D eigenvalue weighted by Crippen LogP contribution is -2.32. The molecule has 0 aliphatic carbocycles. The molecule has 0 atom stereocenters. The second kappa shape index (κ2) is 13.2. The van der Waals surface area contributed by atoms with Crippen LogP contribution in [0, 0.1) is 5.82 Å². The summed E-state index contributed by atoms with van der Waals surface area (Å²) in [6.07, 6.45) is 1.79. The molecule has 2 heterocycles. The minimum absolute atomic E-state index is 0.00726. The summed E-state index contributed by atoms with van der Waals surface area (Å²) < 4.78 is 25.1. The first-order valence-corrected chi connectivity index (χ1v) is 14.7. The summed E-state index contributed by atoms with van der Waals surface area (Å²) in [6.45, 7) is 2.69. The predicted molar refractivity (Wildman–Crippen MR) is 173 cm³/mol. The van der Waals surface area contributed by atoms with Gasteiger partial charge in [0.25, 0.3) is 11.8 Å². The van der Waals surface area contributed by atoms with Gasteiger partial charge in [0.15, 0.2) is 11.5 Å². The Balaban J connectivity index is 1.08. The van der Waals surface area contributed by atoms with Crippen molar-refractivity contribution in [3.63, 3.8) is 0 Å². The maximum absolute atomic E-state index is 14.2. The molecule has 5 aromatic rings. The largest absolute Gasteiger partial charge is 0.493 e. The Kier molecular flexibility index (Phi) is 8.70. The van der Waals surface area contributed by atoms with Gasteiger partial charge in [-0.1, -0.05) is 36.4 Å². The van der Waals surface area contributed by atoms with Gasteiger partial charge in [-0.05, 0) is 84.1 Å². The Morgan fingerprint density at radius 2 is 1.60 bits per heavy atom. The lowest BCUT2D eigenvalue weighted by Gasteiger charge is -2.29. The molecule has 8 nitrogen and oxygen atoms in total. The number of halogens is 1. The van der Waals surface area contributed by atoms with Gasteiger partial charge >= 0.3 is 0 Å². The van der Waals surface area contributed by atoms with Gasteiger partial charge in [-0.25, -0.2) is 9.37 Å². The maximum atomic E-state index is 14.2. The van der Waals surface area contributed by atoms with E-state index in [1.54, 1.807) is 26.4 Å². The van der Waals surface area contributed by atoms with Crippen LogP contribution in [0.1, 0.15) is 37.5 Å². The molecule has 0 fully saturated rings. The van der Waals surface area contributed by atoms with Crippen LogP contribution in [0.5, 0.6) is 11.5 Å². The van der Waals surface area contributed by atoms with Gasteiger partial charge in [-0.3, -0.25) is 14.5 Å². The zero-order valence-electron chi connectivity index (χ0n) is 25.1. The molecular formula is C36H33FN4O4. The van der Waals surface area contributed by atoms with Crippen LogP contribution in [0.3, 0.4) is 0 Å². The third-order valence-electron chi connectivity index (χ3n) is 8.03. The number of fused-ring (bicyclic) bond motifs is 2. The molecule has 1 aromatic heterocycles.